The Morgan fingerprint density at radius 3 is 3.00 bits per heavy atom. The van der Waals surface area contributed by atoms with Gasteiger partial charge in [0.05, 0.1) is 0 Å². The molecule has 0 unspecified atom stereocenters. The van der Waals surface area contributed by atoms with E-state index in [4.69, 9.17) is 5.73 Å². The first-order valence-electron chi connectivity index (χ1n) is 5.18. The molecule has 1 heterocycles. The van der Waals surface area contributed by atoms with Gasteiger partial charge in [0.1, 0.15) is 5.01 Å². The molecule has 0 aliphatic carbocycles. The van der Waals surface area contributed by atoms with Gasteiger partial charge in [0, 0.05) is 17.7 Å². The van der Waals surface area contributed by atoms with Crippen LogP contribution in [0.3, 0.4) is 0 Å². The molecule has 0 spiro atoms. The van der Waals surface area contributed by atoms with Gasteiger partial charge in [-0.05, 0) is 12.1 Å². The minimum atomic E-state index is -0.0692. The third-order valence-electron chi connectivity index (χ3n) is 2.13. The smallest absolute Gasteiger partial charge is 0.225 e. The molecule has 0 fully saturated rings. The van der Waals surface area contributed by atoms with Crippen LogP contribution in [-0.4, -0.2) is 16.1 Å². The summed E-state index contributed by atoms with van der Waals surface area (Å²) in [7, 11) is 0. The summed E-state index contributed by atoms with van der Waals surface area (Å²) in [5.41, 5.74) is 7.27. The zero-order valence-electron chi connectivity index (χ0n) is 9.30. The Morgan fingerprint density at radius 1 is 1.47 bits per heavy atom. The molecular weight excluding hydrogens is 236 g/mol. The van der Waals surface area contributed by atoms with Crippen LogP contribution in [0.25, 0.3) is 10.6 Å². The number of hydrogen-bond acceptors (Lipinski definition) is 5. The van der Waals surface area contributed by atoms with Crippen LogP contribution < -0.4 is 11.1 Å². The zero-order chi connectivity index (χ0) is 12.3. The molecule has 0 aliphatic heterocycles. The highest BCUT2D eigenvalue weighted by atomic mass is 32.1. The van der Waals surface area contributed by atoms with E-state index < -0.39 is 0 Å². The second-order valence-electron chi connectivity index (χ2n) is 3.44. The lowest BCUT2D eigenvalue weighted by atomic mass is 10.2. The van der Waals surface area contributed by atoms with Gasteiger partial charge in [-0.2, -0.15) is 0 Å². The van der Waals surface area contributed by atoms with Crippen LogP contribution in [0.2, 0.25) is 0 Å². The maximum absolute atomic E-state index is 11.2. The molecule has 0 aliphatic rings. The van der Waals surface area contributed by atoms with Crippen LogP contribution in [0.4, 0.5) is 10.8 Å². The second-order valence-corrected chi connectivity index (χ2v) is 4.42. The molecule has 2 rings (SSSR count). The minimum Gasteiger partial charge on any atom is -0.399 e. The summed E-state index contributed by atoms with van der Waals surface area (Å²) in [5.74, 6) is -0.0692. The Balaban J connectivity index is 2.21. The van der Waals surface area contributed by atoms with Crippen LogP contribution in [0.1, 0.15) is 13.3 Å². The summed E-state index contributed by atoms with van der Waals surface area (Å²) in [6.07, 6.45) is 0.424. The quantitative estimate of drug-likeness (QED) is 0.815. The van der Waals surface area contributed by atoms with Crippen molar-refractivity contribution < 1.29 is 4.79 Å². The third-order valence-corrected chi connectivity index (χ3v) is 3.01. The largest absolute Gasteiger partial charge is 0.399 e. The van der Waals surface area contributed by atoms with Gasteiger partial charge in [-0.3, -0.25) is 4.79 Å². The number of aromatic nitrogens is 2. The van der Waals surface area contributed by atoms with Gasteiger partial charge < -0.3 is 11.1 Å². The lowest BCUT2D eigenvalue weighted by Gasteiger charge is -1.96. The summed E-state index contributed by atoms with van der Waals surface area (Å²) in [4.78, 5) is 11.2. The number of hydrogen-bond donors (Lipinski definition) is 2. The van der Waals surface area contributed by atoms with Crippen molar-refractivity contribution >= 4 is 28.1 Å². The molecule has 0 saturated heterocycles. The van der Waals surface area contributed by atoms with Gasteiger partial charge in [0.2, 0.25) is 11.0 Å². The summed E-state index contributed by atoms with van der Waals surface area (Å²) < 4.78 is 0. The van der Waals surface area contributed by atoms with Crippen LogP contribution in [-0.2, 0) is 4.79 Å². The van der Waals surface area contributed by atoms with E-state index in [1.807, 2.05) is 24.3 Å². The van der Waals surface area contributed by atoms with Gasteiger partial charge in [-0.25, -0.2) is 0 Å². The number of carbonyl (C=O) groups is 1. The summed E-state index contributed by atoms with van der Waals surface area (Å²) in [6, 6.07) is 7.40. The number of anilines is 2. The van der Waals surface area contributed by atoms with Crippen molar-refractivity contribution in [2.45, 2.75) is 13.3 Å². The summed E-state index contributed by atoms with van der Waals surface area (Å²) in [6.45, 7) is 1.79. The average Bonchev–Trinajstić information content (AvgIpc) is 2.77. The second kappa shape index (κ2) is 4.92. The molecule has 88 valence electrons. The van der Waals surface area contributed by atoms with Crippen molar-refractivity contribution in [3.05, 3.63) is 24.3 Å². The Bertz CT molecular complexity index is 538. The van der Waals surface area contributed by atoms with Crippen molar-refractivity contribution in [3.63, 3.8) is 0 Å². The van der Waals surface area contributed by atoms with Crippen LogP contribution >= 0.6 is 11.3 Å². The van der Waals surface area contributed by atoms with Crippen molar-refractivity contribution in [2.24, 2.45) is 0 Å². The molecular formula is C11H12N4OS. The fraction of sp³-hybridized carbons (Fsp3) is 0.182. The molecule has 1 aromatic heterocycles. The van der Waals surface area contributed by atoms with E-state index in [-0.39, 0.29) is 5.91 Å². The highest BCUT2D eigenvalue weighted by molar-refractivity contribution is 7.18. The van der Waals surface area contributed by atoms with E-state index in [0.717, 1.165) is 10.6 Å². The molecule has 2 aromatic rings. The predicted molar refractivity (Wildman–Crippen MR) is 68.7 cm³/mol. The van der Waals surface area contributed by atoms with Crippen LogP contribution in [0, 0.1) is 0 Å². The Labute approximate surface area is 103 Å². The molecule has 0 radical (unpaired) electrons. The predicted octanol–water partition coefficient (Wildman–Crippen LogP) is 2.14. The monoisotopic (exact) mass is 248 g/mol. The first-order chi connectivity index (χ1) is 8.19. The van der Waals surface area contributed by atoms with Crippen LogP contribution in [0.15, 0.2) is 24.3 Å². The third kappa shape index (κ3) is 2.79. The van der Waals surface area contributed by atoms with E-state index in [1.165, 1.54) is 11.3 Å². The number of nitrogens with one attached hydrogen (secondary N) is 1. The molecule has 0 bridgehead atoms. The Kier molecular flexibility index (Phi) is 3.34. The maximum Gasteiger partial charge on any atom is 0.225 e. The van der Waals surface area contributed by atoms with Gasteiger partial charge in [-0.15, -0.1) is 10.2 Å². The lowest BCUT2D eigenvalue weighted by Crippen LogP contribution is -2.08. The van der Waals surface area contributed by atoms with Crippen LogP contribution in [0.5, 0.6) is 0 Å². The number of carbonyl (C=O) groups excluding carboxylic acids is 1. The summed E-state index contributed by atoms with van der Waals surface area (Å²) >= 11 is 1.33. The van der Waals surface area contributed by atoms with Crippen molar-refractivity contribution in [1.29, 1.82) is 0 Å². The van der Waals surface area contributed by atoms with Crippen molar-refractivity contribution in [3.8, 4) is 10.6 Å². The maximum atomic E-state index is 11.2. The van der Waals surface area contributed by atoms with E-state index in [0.29, 0.717) is 17.2 Å². The standard InChI is InChI=1S/C11H12N4OS/c1-2-9(16)13-11-15-14-10(17-11)7-4-3-5-8(12)6-7/h3-6H,2,12H2,1H3,(H,13,15,16). The van der Waals surface area contributed by atoms with E-state index >= 15 is 0 Å². The molecule has 0 atom stereocenters. The average molecular weight is 248 g/mol. The van der Waals surface area contributed by atoms with E-state index in [1.54, 1.807) is 6.92 Å². The molecule has 1 amide bonds. The highest BCUT2D eigenvalue weighted by Gasteiger charge is 2.08. The summed E-state index contributed by atoms with van der Waals surface area (Å²) in [5, 5.41) is 11.8. The van der Waals surface area contributed by atoms with Gasteiger partial charge >= 0.3 is 0 Å². The number of nitrogens with two attached hydrogens (primary N) is 1. The number of amides is 1. The van der Waals surface area contributed by atoms with Gasteiger partial charge in [0.15, 0.2) is 0 Å². The van der Waals surface area contributed by atoms with Crippen molar-refractivity contribution in [1.82, 2.24) is 10.2 Å². The van der Waals surface area contributed by atoms with Crippen molar-refractivity contribution in [2.75, 3.05) is 11.1 Å². The first-order valence-corrected chi connectivity index (χ1v) is 6.00. The first kappa shape index (κ1) is 11.5. The fourth-order valence-corrected chi connectivity index (χ4v) is 2.03. The zero-order valence-corrected chi connectivity index (χ0v) is 10.1. The lowest BCUT2D eigenvalue weighted by molar-refractivity contribution is -0.115. The molecule has 3 N–H and O–H groups in total. The topological polar surface area (TPSA) is 80.9 Å². The normalized spacial score (nSPS) is 10.2. The molecule has 0 saturated carbocycles. The Morgan fingerprint density at radius 2 is 2.29 bits per heavy atom. The van der Waals surface area contributed by atoms with Gasteiger partial charge in [0.25, 0.3) is 0 Å². The number of benzene rings is 1. The molecule has 5 nitrogen and oxygen atoms in total. The molecule has 1 aromatic carbocycles. The minimum absolute atomic E-state index is 0.0692. The number of nitrogens with zero attached hydrogens (tertiary/aromatic N) is 2. The SMILES string of the molecule is CCC(=O)Nc1nnc(-c2cccc(N)c2)s1. The number of nitrogen functional groups attached to an aromatic ring is 1. The number of rotatable bonds is 3. The molecule has 6 heteroatoms. The van der Waals surface area contributed by atoms with E-state index in [2.05, 4.69) is 15.5 Å². The fourth-order valence-electron chi connectivity index (χ4n) is 1.27. The highest BCUT2D eigenvalue weighted by Crippen LogP contribution is 2.27. The Hall–Kier alpha value is -1.95. The van der Waals surface area contributed by atoms with E-state index in [9.17, 15) is 4.79 Å². The van der Waals surface area contributed by atoms with Gasteiger partial charge in [-0.1, -0.05) is 30.4 Å². The molecule has 17 heavy (non-hydrogen) atoms.